The van der Waals surface area contributed by atoms with Crippen LogP contribution in [0.25, 0.3) is 0 Å². The van der Waals surface area contributed by atoms with Gasteiger partial charge in [0.25, 0.3) is 0 Å². The fraction of sp³-hybridized carbons (Fsp3) is 0.538. The van der Waals surface area contributed by atoms with Gasteiger partial charge in [0.15, 0.2) is 0 Å². The largest absolute Gasteiger partial charge is 0.240 e. The summed E-state index contributed by atoms with van der Waals surface area (Å²) in [5.41, 5.74) is 4.18. The summed E-state index contributed by atoms with van der Waals surface area (Å²) in [5.74, 6) is 0. The summed E-state index contributed by atoms with van der Waals surface area (Å²) in [6.45, 7) is 6.45. The molecular weight excluding hydrogens is 220 g/mol. The molecule has 0 amide bonds. The molecular formula is C13H15ClN2. The number of nitrogens with zero attached hydrogens (tertiary/aromatic N) is 2. The van der Waals surface area contributed by atoms with Gasteiger partial charge in [-0.2, -0.15) is 5.26 Å². The van der Waals surface area contributed by atoms with Crippen molar-refractivity contribution in [1.29, 1.82) is 5.26 Å². The van der Waals surface area contributed by atoms with Crippen molar-refractivity contribution >= 4 is 11.6 Å². The van der Waals surface area contributed by atoms with Crippen molar-refractivity contribution < 1.29 is 0 Å². The highest BCUT2D eigenvalue weighted by molar-refractivity contribution is 6.30. The number of aromatic nitrogens is 1. The molecule has 0 aliphatic heterocycles. The Balaban J connectivity index is 2.65. The molecule has 0 saturated carbocycles. The van der Waals surface area contributed by atoms with E-state index < -0.39 is 0 Å². The fourth-order valence-corrected chi connectivity index (χ4v) is 2.72. The Morgan fingerprint density at radius 3 is 2.69 bits per heavy atom. The van der Waals surface area contributed by atoms with Crippen molar-refractivity contribution in [3.05, 3.63) is 27.5 Å². The molecule has 0 aromatic carbocycles. The number of halogens is 1. The van der Waals surface area contributed by atoms with Crippen LogP contribution in [0.2, 0.25) is 5.15 Å². The second kappa shape index (κ2) is 3.75. The van der Waals surface area contributed by atoms with Crippen molar-refractivity contribution in [3.8, 4) is 6.07 Å². The number of hydrogen-bond donors (Lipinski definition) is 0. The zero-order chi connectivity index (χ0) is 11.9. The molecule has 0 saturated heterocycles. The Bertz CT molecular complexity index is 484. The maximum absolute atomic E-state index is 9.16. The second-order valence-corrected chi connectivity index (χ2v) is 5.63. The van der Waals surface area contributed by atoms with Gasteiger partial charge in [0.2, 0.25) is 0 Å². The van der Waals surface area contributed by atoms with E-state index in [1.807, 2.05) is 6.92 Å². The normalized spacial score (nSPS) is 17.7. The molecule has 1 aromatic rings. The predicted octanol–water partition coefficient (Wildman–Crippen LogP) is 3.43. The monoisotopic (exact) mass is 234 g/mol. The van der Waals surface area contributed by atoms with Crippen molar-refractivity contribution in [2.75, 3.05) is 0 Å². The maximum Gasteiger partial charge on any atom is 0.147 e. The van der Waals surface area contributed by atoms with Gasteiger partial charge in [0, 0.05) is 5.69 Å². The van der Waals surface area contributed by atoms with Crippen molar-refractivity contribution in [2.45, 2.75) is 40.0 Å². The highest BCUT2D eigenvalue weighted by Gasteiger charge is 2.29. The van der Waals surface area contributed by atoms with E-state index in [1.54, 1.807) is 0 Å². The fourth-order valence-electron chi connectivity index (χ4n) is 2.44. The average Bonchev–Trinajstić information content (AvgIpc) is 2.16. The lowest BCUT2D eigenvalue weighted by Crippen LogP contribution is -2.24. The molecule has 0 unspecified atom stereocenters. The lowest BCUT2D eigenvalue weighted by Gasteiger charge is -2.32. The zero-order valence-electron chi connectivity index (χ0n) is 9.89. The van der Waals surface area contributed by atoms with E-state index in [0.717, 1.165) is 30.5 Å². The highest BCUT2D eigenvalue weighted by Crippen LogP contribution is 2.38. The summed E-state index contributed by atoms with van der Waals surface area (Å²) in [7, 11) is 0. The molecule has 0 fully saturated rings. The number of fused-ring (bicyclic) bond motifs is 1. The minimum absolute atomic E-state index is 0.260. The van der Waals surface area contributed by atoms with Gasteiger partial charge in [0.1, 0.15) is 11.2 Å². The molecule has 1 aliphatic rings. The Morgan fingerprint density at radius 2 is 2.06 bits per heavy atom. The number of hydrogen-bond acceptors (Lipinski definition) is 2. The van der Waals surface area contributed by atoms with Gasteiger partial charge in [-0.15, -0.1) is 0 Å². The van der Waals surface area contributed by atoms with Gasteiger partial charge >= 0.3 is 0 Å². The standard InChI is InChI=1S/C13H15ClN2/c1-8-9-4-5-13(2,3)6-10(9)11(7-15)12(14)16-8/h4-6H2,1-3H3. The molecule has 3 heteroatoms. The first-order valence-electron chi connectivity index (χ1n) is 5.52. The molecule has 0 spiro atoms. The van der Waals surface area contributed by atoms with Gasteiger partial charge in [-0.25, -0.2) is 4.98 Å². The first-order valence-corrected chi connectivity index (χ1v) is 5.90. The summed E-state index contributed by atoms with van der Waals surface area (Å²) in [6.07, 6.45) is 3.08. The second-order valence-electron chi connectivity index (χ2n) is 5.27. The average molecular weight is 235 g/mol. The van der Waals surface area contributed by atoms with Crippen LogP contribution < -0.4 is 0 Å². The lowest BCUT2D eigenvalue weighted by atomic mass is 9.73. The minimum Gasteiger partial charge on any atom is -0.240 e. The number of pyridine rings is 1. The van der Waals surface area contributed by atoms with E-state index in [1.165, 1.54) is 5.56 Å². The van der Waals surface area contributed by atoms with Crippen LogP contribution in [0.5, 0.6) is 0 Å². The molecule has 0 N–H and O–H groups in total. The van der Waals surface area contributed by atoms with Crippen molar-refractivity contribution in [2.24, 2.45) is 5.41 Å². The Kier molecular flexibility index (Phi) is 2.67. The quantitative estimate of drug-likeness (QED) is 0.645. The maximum atomic E-state index is 9.16. The summed E-state index contributed by atoms with van der Waals surface area (Å²) >= 11 is 6.03. The molecule has 2 nitrogen and oxygen atoms in total. The smallest absolute Gasteiger partial charge is 0.147 e. The lowest BCUT2D eigenvalue weighted by molar-refractivity contribution is 0.314. The number of rotatable bonds is 0. The third-order valence-corrected chi connectivity index (χ3v) is 3.67. The van der Waals surface area contributed by atoms with E-state index in [2.05, 4.69) is 24.9 Å². The molecule has 1 aromatic heterocycles. The molecule has 1 heterocycles. The Labute approximate surface area is 101 Å². The molecule has 0 atom stereocenters. The van der Waals surface area contributed by atoms with Crippen LogP contribution in [0, 0.1) is 23.7 Å². The molecule has 0 bridgehead atoms. The topological polar surface area (TPSA) is 36.7 Å². The van der Waals surface area contributed by atoms with E-state index in [-0.39, 0.29) is 5.41 Å². The van der Waals surface area contributed by atoms with Gasteiger partial charge in [-0.1, -0.05) is 25.4 Å². The first-order chi connectivity index (χ1) is 7.44. The third-order valence-electron chi connectivity index (χ3n) is 3.39. The van der Waals surface area contributed by atoms with Gasteiger partial charge in [0.05, 0.1) is 5.56 Å². The molecule has 1 aliphatic carbocycles. The molecule has 0 radical (unpaired) electrons. The van der Waals surface area contributed by atoms with Crippen molar-refractivity contribution in [3.63, 3.8) is 0 Å². The molecule has 16 heavy (non-hydrogen) atoms. The van der Waals surface area contributed by atoms with Gasteiger partial charge in [-0.05, 0) is 42.7 Å². The van der Waals surface area contributed by atoms with Crippen LogP contribution >= 0.6 is 11.6 Å². The number of aryl methyl sites for hydroxylation is 1. The highest BCUT2D eigenvalue weighted by atomic mass is 35.5. The third kappa shape index (κ3) is 1.81. The molecule has 2 rings (SSSR count). The van der Waals surface area contributed by atoms with Crippen LogP contribution in [-0.4, -0.2) is 4.98 Å². The van der Waals surface area contributed by atoms with Crippen LogP contribution in [0.1, 0.15) is 42.7 Å². The number of nitriles is 1. The van der Waals surface area contributed by atoms with Crippen LogP contribution in [0.15, 0.2) is 0 Å². The van der Waals surface area contributed by atoms with Gasteiger partial charge < -0.3 is 0 Å². The minimum atomic E-state index is 0.260. The van der Waals surface area contributed by atoms with Crippen LogP contribution in [0.4, 0.5) is 0 Å². The van der Waals surface area contributed by atoms with E-state index in [0.29, 0.717) is 10.7 Å². The summed E-state index contributed by atoms with van der Waals surface area (Å²) in [4.78, 5) is 4.25. The Morgan fingerprint density at radius 1 is 1.38 bits per heavy atom. The predicted molar refractivity (Wildman–Crippen MR) is 64.5 cm³/mol. The zero-order valence-corrected chi connectivity index (χ0v) is 10.6. The Hall–Kier alpha value is -1.07. The van der Waals surface area contributed by atoms with E-state index in [4.69, 9.17) is 16.9 Å². The van der Waals surface area contributed by atoms with Crippen molar-refractivity contribution in [1.82, 2.24) is 4.98 Å². The summed E-state index contributed by atoms with van der Waals surface area (Å²) in [5, 5.41) is 9.52. The van der Waals surface area contributed by atoms with E-state index >= 15 is 0 Å². The summed E-state index contributed by atoms with van der Waals surface area (Å²) < 4.78 is 0. The van der Waals surface area contributed by atoms with Gasteiger partial charge in [-0.3, -0.25) is 0 Å². The SMILES string of the molecule is Cc1nc(Cl)c(C#N)c2c1CCC(C)(C)C2. The van der Waals surface area contributed by atoms with Crippen LogP contribution in [0.3, 0.4) is 0 Å². The first kappa shape index (κ1) is 11.4. The molecule has 84 valence electrons. The van der Waals surface area contributed by atoms with Crippen LogP contribution in [-0.2, 0) is 12.8 Å². The summed E-state index contributed by atoms with van der Waals surface area (Å²) in [6, 6.07) is 2.19. The van der Waals surface area contributed by atoms with E-state index in [9.17, 15) is 0 Å².